The zero-order valence-electron chi connectivity index (χ0n) is 48.9. The summed E-state index contributed by atoms with van der Waals surface area (Å²) in [5.74, 6) is 0.761. The van der Waals surface area contributed by atoms with Crippen LogP contribution in [0.15, 0.2) is 217 Å². The van der Waals surface area contributed by atoms with Crippen LogP contribution in [-0.2, 0) is 66.3 Å². The molecule has 7 aromatic rings. The van der Waals surface area contributed by atoms with Gasteiger partial charge in [0, 0.05) is 0 Å². The molecule has 442 valence electrons. The summed E-state index contributed by atoms with van der Waals surface area (Å²) in [5, 5.41) is 3.53. The second kappa shape index (κ2) is 30.2. The van der Waals surface area contributed by atoms with Gasteiger partial charge in [0.15, 0.2) is 0 Å². The summed E-state index contributed by atoms with van der Waals surface area (Å²) < 4.78 is 83.5. The van der Waals surface area contributed by atoms with E-state index >= 15 is 0 Å². The van der Waals surface area contributed by atoms with Gasteiger partial charge in [-0.3, -0.25) is 0 Å². The Morgan fingerprint density at radius 1 is 0.631 bits per heavy atom. The third kappa shape index (κ3) is 16.3. The van der Waals surface area contributed by atoms with Gasteiger partial charge in [0.1, 0.15) is 0 Å². The van der Waals surface area contributed by atoms with E-state index in [0.29, 0.717) is 70.0 Å². The standard InChI is InChI=1S/C70H80O11SSeSi/c1-51-31-37-56(38-32-51)82(71)44-43-74-63-45-62(75-49-53-23-13-7-14-24-53)60(39-41-73-48-52-21-11-6-12-22-52)78-66(63)47-68(83-57-25-15-8-16-26-57)80-64-46-65-67(50-76-69(81-65)54-33-35-55(72-5)36-34-54)79-61(64)40-42-77-84(70(2,3)4,58-27-17-9-18-28-58)59-29-19-10-20-30-59/h6-38,43-44,60-69H,39-42,45-50H2,1-5H3/b44-43-/t60-,61-,62+,63-,64+,65-,66+,67+,68?,69+,82-/m0/s1. The minimum absolute atomic E-state index is 0.206. The molecule has 3 aliphatic heterocycles. The first-order valence-corrected chi connectivity index (χ1v) is 34.4. The van der Waals surface area contributed by atoms with Crippen LogP contribution in [0.2, 0.25) is 5.04 Å². The zero-order chi connectivity index (χ0) is 58.1. The first-order valence-electron chi connectivity index (χ1n) is 29.4. The quantitative estimate of drug-likeness (QED) is 0.0294. The molecule has 3 aliphatic rings. The van der Waals surface area contributed by atoms with Crippen molar-refractivity contribution in [1.82, 2.24) is 0 Å². The fourth-order valence-corrected chi connectivity index (χ4v) is 19.2. The zero-order valence-corrected chi connectivity index (χ0v) is 52.4. The summed E-state index contributed by atoms with van der Waals surface area (Å²) in [6.07, 6.45) is 0.730. The van der Waals surface area contributed by atoms with Gasteiger partial charge in [-0.2, -0.15) is 0 Å². The Hall–Kier alpha value is -5.55. The molecule has 3 saturated heterocycles. The molecule has 0 spiro atoms. The predicted octanol–water partition coefficient (Wildman–Crippen LogP) is 11.7. The Morgan fingerprint density at radius 2 is 1.23 bits per heavy atom. The molecule has 11 atom stereocenters. The second-order valence-corrected chi connectivity index (χ2v) is 31.0. The average molecular weight is 1240 g/mol. The molecular formula is C70H80O11SSeSi. The molecule has 1 unspecified atom stereocenters. The molecule has 84 heavy (non-hydrogen) atoms. The van der Waals surface area contributed by atoms with Gasteiger partial charge in [-0.15, -0.1) is 0 Å². The molecule has 14 heteroatoms. The molecule has 0 N–H and O–H groups in total. The van der Waals surface area contributed by atoms with Crippen molar-refractivity contribution in [3.8, 4) is 5.75 Å². The van der Waals surface area contributed by atoms with Crippen LogP contribution in [0.1, 0.15) is 81.4 Å². The molecule has 0 aliphatic carbocycles. The van der Waals surface area contributed by atoms with E-state index in [1.165, 1.54) is 14.8 Å². The summed E-state index contributed by atoms with van der Waals surface area (Å²) in [7, 11) is -2.67. The molecule has 11 nitrogen and oxygen atoms in total. The van der Waals surface area contributed by atoms with Crippen molar-refractivity contribution >= 4 is 48.9 Å². The number of hydrogen-bond acceptors (Lipinski definition) is 11. The Balaban J connectivity index is 0.961. The number of aryl methyl sites for hydroxylation is 1. The molecule has 0 amide bonds. The SMILES string of the molecule is COc1ccc([C@@H]2OC[C@H]3O[C@@H](CCO[Si](c4ccccc4)(c4ccccc4)C(C)(C)C)[C@H](OC(C[C@H]4O[C@@H](CCOCc5ccccc5)[C@H](OCc5ccccc5)C[C@@H]4O/C=C\[S@](=O)c4ccc(C)cc4)[Se]c4ccccc4)C[C@@H]3O2)cc1. The van der Waals surface area contributed by atoms with E-state index < -0.39 is 43.7 Å². The summed E-state index contributed by atoms with van der Waals surface area (Å²) in [6, 6.07) is 68.1. The number of fused-ring (bicyclic) bond motifs is 1. The fourth-order valence-electron chi connectivity index (χ4n) is 11.6. The summed E-state index contributed by atoms with van der Waals surface area (Å²) >= 11 is -0.206. The summed E-state index contributed by atoms with van der Waals surface area (Å²) in [5.41, 5.74) is 4.18. The van der Waals surface area contributed by atoms with Crippen LogP contribution in [0, 0.1) is 6.92 Å². The van der Waals surface area contributed by atoms with Crippen LogP contribution in [0.25, 0.3) is 0 Å². The number of hydrogen-bond donors (Lipinski definition) is 0. The van der Waals surface area contributed by atoms with Crippen molar-refractivity contribution in [2.24, 2.45) is 0 Å². The predicted molar refractivity (Wildman–Crippen MR) is 334 cm³/mol. The van der Waals surface area contributed by atoms with Crippen LogP contribution in [-0.4, -0.2) is 108 Å². The van der Waals surface area contributed by atoms with Gasteiger partial charge >= 0.3 is 490 Å². The number of benzene rings is 7. The van der Waals surface area contributed by atoms with Crippen molar-refractivity contribution < 1.29 is 51.3 Å². The maximum absolute atomic E-state index is 13.7. The Morgan fingerprint density at radius 3 is 1.86 bits per heavy atom. The van der Waals surface area contributed by atoms with Crippen LogP contribution >= 0.6 is 0 Å². The second-order valence-electron chi connectivity index (χ2n) is 22.8. The van der Waals surface area contributed by atoms with Crippen LogP contribution in [0.3, 0.4) is 0 Å². The molecular weight excluding hydrogens is 1160 g/mol. The van der Waals surface area contributed by atoms with Crippen molar-refractivity contribution in [1.29, 1.82) is 0 Å². The van der Waals surface area contributed by atoms with Gasteiger partial charge < -0.3 is 0 Å². The molecule has 10 rings (SSSR count). The van der Waals surface area contributed by atoms with E-state index in [2.05, 4.69) is 136 Å². The minimum atomic E-state index is -2.90. The van der Waals surface area contributed by atoms with Crippen LogP contribution < -0.4 is 19.6 Å². The molecule has 0 aromatic heterocycles. The van der Waals surface area contributed by atoms with E-state index in [0.717, 1.165) is 28.0 Å². The molecule has 3 heterocycles. The normalized spacial score (nSPS) is 23.6. The van der Waals surface area contributed by atoms with Crippen molar-refractivity contribution in [3.05, 3.63) is 234 Å². The third-order valence-electron chi connectivity index (χ3n) is 15.9. The van der Waals surface area contributed by atoms with E-state index in [1.807, 2.05) is 91.9 Å². The maximum atomic E-state index is 13.7. The topological polar surface area (TPSA) is 109 Å². The first kappa shape index (κ1) is 61.5. The number of methoxy groups -OCH3 is 1. The van der Waals surface area contributed by atoms with Gasteiger partial charge in [0.2, 0.25) is 0 Å². The van der Waals surface area contributed by atoms with Gasteiger partial charge in [0.05, 0.1) is 7.11 Å². The monoisotopic (exact) mass is 1240 g/mol. The van der Waals surface area contributed by atoms with Crippen LogP contribution in [0.4, 0.5) is 0 Å². The summed E-state index contributed by atoms with van der Waals surface area (Å²) in [4.78, 5) is 0.697. The molecule has 0 radical (unpaired) electrons. The van der Waals surface area contributed by atoms with Crippen molar-refractivity contribution in [2.75, 3.05) is 26.9 Å². The van der Waals surface area contributed by atoms with Gasteiger partial charge in [-0.05, 0) is 6.92 Å². The van der Waals surface area contributed by atoms with Gasteiger partial charge in [-0.1, -0.05) is 6.07 Å². The molecule has 3 fully saturated rings. The molecule has 7 aromatic carbocycles. The average Bonchev–Trinajstić information content (AvgIpc) is 2.85. The molecule has 0 bridgehead atoms. The fraction of sp³-hybridized carbons (Fsp3) is 0.371. The number of rotatable bonds is 26. The van der Waals surface area contributed by atoms with E-state index in [4.69, 9.17) is 47.1 Å². The van der Waals surface area contributed by atoms with Crippen LogP contribution in [0.5, 0.6) is 5.75 Å². The van der Waals surface area contributed by atoms with Crippen molar-refractivity contribution in [2.45, 2.75) is 143 Å². The van der Waals surface area contributed by atoms with Gasteiger partial charge in [-0.25, -0.2) is 0 Å². The molecule has 0 saturated carbocycles. The number of ether oxygens (including phenoxy) is 9. The first-order chi connectivity index (χ1) is 41.0. The van der Waals surface area contributed by atoms with Crippen molar-refractivity contribution in [3.63, 3.8) is 0 Å². The Labute approximate surface area is 507 Å². The Kier molecular flexibility index (Phi) is 22.1. The Bertz CT molecular complexity index is 3060. The summed E-state index contributed by atoms with van der Waals surface area (Å²) in [6.45, 7) is 11.1. The van der Waals surface area contributed by atoms with E-state index in [-0.39, 0.29) is 55.5 Å². The third-order valence-corrected chi connectivity index (χ3v) is 24.4. The van der Waals surface area contributed by atoms with E-state index in [9.17, 15) is 4.21 Å². The van der Waals surface area contributed by atoms with Gasteiger partial charge in [0.25, 0.3) is 0 Å². The van der Waals surface area contributed by atoms with E-state index in [1.54, 1.807) is 18.8 Å².